The highest BCUT2D eigenvalue weighted by Gasteiger charge is 2.34. The SMILES string of the molecule is CCN(CC(C)(C)CN)S(=O)(=O)N1CCC(C)CC1. The van der Waals surface area contributed by atoms with E-state index >= 15 is 0 Å². The molecule has 2 N–H and O–H groups in total. The van der Waals surface area contributed by atoms with Crippen molar-refractivity contribution in [3.63, 3.8) is 0 Å². The highest BCUT2D eigenvalue weighted by molar-refractivity contribution is 7.86. The van der Waals surface area contributed by atoms with Gasteiger partial charge in [-0.2, -0.15) is 17.0 Å². The first-order valence-electron chi connectivity index (χ1n) is 7.18. The number of hydrogen-bond acceptors (Lipinski definition) is 3. The van der Waals surface area contributed by atoms with Crippen LogP contribution in [0.3, 0.4) is 0 Å². The van der Waals surface area contributed by atoms with Crippen molar-refractivity contribution in [1.82, 2.24) is 8.61 Å². The fraction of sp³-hybridized carbons (Fsp3) is 1.00. The zero-order valence-corrected chi connectivity index (χ0v) is 13.5. The van der Waals surface area contributed by atoms with E-state index in [1.54, 1.807) is 8.61 Å². The standard InChI is InChI=1S/C13H29N3O2S/c1-5-15(11-13(3,4)10-14)19(17,18)16-8-6-12(2)7-9-16/h12H,5-11,14H2,1-4H3. The molecule has 1 fully saturated rings. The molecule has 0 aromatic rings. The topological polar surface area (TPSA) is 66.6 Å². The van der Waals surface area contributed by atoms with Crippen molar-refractivity contribution in [1.29, 1.82) is 0 Å². The van der Waals surface area contributed by atoms with Gasteiger partial charge in [-0.3, -0.25) is 0 Å². The molecule has 0 atom stereocenters. The van der Waals surface area contributed by atoms with Crippen LogP contribution in [0.15, 0.2) is 0 Å². The first-order valence-corrected chi connectivity index (χ1v) is 8.58. The number of rotatable bonds is 6. The van der Waals surface area contributed by atoms with E-state index in [1.807, 2.05) is 20.8 Å². The Balaban J connectivity index is 2.78. The molecule has 1 saturated heterocycles. The minimum absolute atomic E-state index is 0.188. The lowest BCUT2D eigenvalue weighted by atomic mass is 9.94. The lowest BCUT2D eigenvalue weighted by Gasteiger charge is -2.36. The van der Waals surface area contributed by atoms with Crippen molar-refractivity contribution in [2.75, 3.05) is 32.7 Å². The van der Waals surface area contributed by atoms with Gasteiger partial charge in [-0.15, -0.1) is 0 Å². The molecule has 0 spiro atoms. The molecule has 1 heterocycles. The van der Waals surface area contributed by atoms with E-state index in [0.29, 0.717) is 38.6 Å². The summed E-state index contributed by atoms with van der Waals surface area (Å²) in [5, 5.41) is 0. The Hall–Kier alpha value is -0.170. The van der Waals surface area contributed by atoms with Crippen molar-refractivity contribution in [2.45, 2.75) is 40.5 Å². The van der Waals surface area contributed by atoms with E-state index in [0.717, 1.165) is 12.8 Å². The molecule has 0 aliphatic carbocycles. The number of nitrogens with two attached hydrogens (primary N) is 1. The number of piperidine rings is 1. The minimum Gasteiger partial charge on any atom is -0.330 e. The summed E-state index contributed by atoms with van der Waals surface area (Å²) in [5.74, 6) is 0.627. The van der Waals surface area contributed by atoms with Crippen LogP contribution in [0.2, 0.25) is 0 Å². The summed E-state index contributed by atoms with van der Waals surface area (Å²) in [7, 11) is -3.33. The van der Waals surface area contributed by atoms with Gasteiger partial charge in [0.1, 0.15) is 0 Å². The van der Waals surface area contributed by atoms with Crippen LogP contribution < -0.4 is 5.73 Å². The normalized spacial score (nSPS) is 20.1. The molecule has 6 heteroatoms. The molecular formula is C13H29N3O2S. The maximum Gasteiger partial charge on any atom is 0.281 e. The molecular weight excluding hydrogens is 262 g/mol. The van der Waals surface area contributed by atoms with Gasteiger partial charge in [0.05, 0.1) is 0 Å². The largest absolute Gasteiger partial charge is 0.330 e. The maximum absolute atomic E-state index is 12.6. The molecule has 1 aliphatic rings. The lowest BCUT2D eigenvalue weighted by molar-refractivity contribution is 0.233. The van der Waals surface area contributed by atoms with Gasteiger partial charge in [-0.05, 0) is 30.7 Å². The smallest absolute Gasteiger partial charge is 0.281 e. The quantitative estimate of drug-likeness (QED) is 0.801. The molecule has 0 aromatic heterocycles. The fourth-order valence-electron chi connectivity index (χ4n) is 2.28. The second-order valence-electron chi connectivity index (χ2n) is 6.38. The summed E-state index contributed by atoms with van der Waals surface area (Å²) in [6, 6.07) is 0. The van der Waals surface area contributed by atoms with E-state index in [1.165, 1.54) is 0 Å². The number of nitrogens with zero attached hydrogens (tertiary/aromatic N) is 2. The summed E-state index contributed by atoms with van der Waals surface area (Å²) < 4.78 is 28.4. The Kier molecular flexibility index (Phi) is 5.79. The summed E-state index contributed by atoms with van der Waals surface area (Å²) in [4.78, 5) is 0. The van der Waals surface area contributed by atoms with Gasteiger partial charge >= 0.3 is 0 Å². The van der Waals surface area contributed by atoms with Crippen LogP contribution in [-0.4, -0.2) is 49.8 Å². The van der Waals surface area contributed by atoms with Crippen LogP contribution in [0.5, 0.6) is 0 Å². The highest BCUT2D eigenvalue weighted by Crippen LogP contribution is 2.23. The summed E-state index contributed by atoms with van der Waals surface area (Å²) in [5.41, 5.74) is 5.53. The molecule has 0 saturated carbocycles. The second-order valence-corrected chi connectivity index (χ2v) is 8.31. The zero-order valence-electron chi connectivity index (χ0n) is 12.7. The van der Waals surface area contributed by atoms with Gasteiger partial charge in [0.25, 0.3) is 10.2 Å². The Labute approximate surface area is 118 Å². The molecule has 5 nitrogen and oxygen atoms in total. The van der Waals surface area contributed by atoms with Gasteiger partial charge in [-0.1, -0.05) is 27.7 Å². The van der Waals surface area contributed by atoms with E-state index < -0.39 is 10.2 Å². The number of hydrogen-bond donors (Lipinski definition) is 1. The van der Waals surface area contributed by atoms with Crippen molar-refractivity contribution in [2.24, 2.45) is 17.1 Å². The predicted octanol–water partition coefficient (Wildman–Crippen LogP) is 1.27. The second kappa shape index (κ2) is 6.52. The van der Waals surface area contributed by atoms with Gasteiger partial charge in [0.2, 0.25) is 0 Å². The van der Waals surface area contributed by atoms with Crippen LogP contribution in [0.1, 0.15) is 40.5 Å². The Morgan fingerprint density at radius 2 is 1.84 bits per heavy atom. The Bertz CT molecular complexity index is 373. The average Bonchev–Trinajstić information content (AvgIpc) is 2.36. The van der Waals surface area contributed by atoms with Crippen molar-refractivity contribution < 1.29 is 8.42 Å². The fourth-order valence-corrected chi connectivity index (χ4v) is 4.12. The molecule has 19 heavy (non-hydrogen) atoms. The first kappa shape index (κ1) is 16.9. The molecule has 114 valence electrons. The molecule has 1 aliphatic heterocycles. The predicted molar refractivity (Wildman–Crippen MR) is 79.0 cm³/mol. The molecule has 1 rings (SSSR count). The van der Waals surface area contributed by atoms with Gasteiger partial charge in [0.15, 0.2) is 0 Å². The van der Waals surface area contributed by atoms with Gasteiger partial charge in [-0.25, -0.2) is 0 Å². The molecule has 0 aromatic carbocycles. The third kappa shape index (κ3) is 4.41. The monoisotopic (exact) mass is 291 g/mol. The summed E-state index contributed by atoms with van der Waals surface area (Å²) >= 11 is 0. The highest BCUT2D eigenvalue weighted by atomic mass is 32.2. The van der Waals surface area contributed by atoms with Crippen LogP contribution in [-0.2, 0) is 10.2 Å². The molecule has 0 radical (unpaired) electrons. The molecule has 0 amide bonds. The van der Waals surface area contributed by atoms with Gasteiger partial charge < -0.3 is 5.73 Å². The van der Waals surface area contributed by atoms with Crippen LogP contribution in [0.25, 0.3) is 0 Å². The van der Waals surface area contributed by atoms with Crippen LogP contribution >= 0.6 is 0 Å². The third-order valence-electron chi connectivity index (χ3n) is 3.90. The van der Waals surface area contributed by atoms with E-state index in [-0.39, 0.29) is 5.41 Å². The van der Waals surface area contributed by atoms with Crippen molar-refractivity contribution >= 4 is 10.2 Å². The van der Waals surface area contributed by atoms with E-state index in [4.69, 9.17) is 5.73 Å². The lowest BCUT2D eigenvalue weighted by Crippen LogP contribution is -2.50. The van der Waals surface area contributed by atoms with Crippen LogP contribution in [0.4, 0.5) is 0 Å². The average molecular weight is 291 g/mol. The summed E-state index contributed by atoms with van der Waals surface area (Å²) in [6.07, 6.45) is 1.91. The maximum atomic E-state index is 12.6. The van der Waals surface area contributed by atoms with Crippen molar-refractivity contribution in [3.8, 4) is 0 Å². The van der Waals surface area contributed by atoms with E-state index in [2.05, 4.69) is 6.92 Å². The van der Waals surface area contributed by atoms with Crippen LogP contribution in [0, 0.1) is 11.3 Å². The first-order chi connectivity index (χ1) is 8.73. The Morgan fingerprint density at radius 1 is 1.32 bits per heavy atom. The zero-order chi connectivity index (χ0) is 14.7. The van der Waals surface area contributed by atoms with E-state index in [9.17, 15) is 8.42 Å². The third-order valence-corrected chi connectivity index (χ3v) is 5.96. The Morgan fingerprint density at radius 3 is 2.26 bits per heavy atom. The van der Waals surface area contributed by atoms with Gasteiger partial charge in [0, 0.05) is 26.2 Å². The molecule has 0 unspecified atom stereocenters. The molecule has 0 bridgehead atoms. The minimum atomic E-state index is -3.33. The van der Waals surface area contributed by atoms with Crippen molar-refractivity contribution in [3.05, 3.63) is 0 Å². The summed E-state index contributed by atoms with van der Waals surface area (Å²) in [6.45, 7) is 10.8.